The first-order chi connectivity index (χ1) is 11.7. The van der Waals surface area contributed by atoms with Gasteiger partial charge < -0.3 is 10.2 Å². The molecule has 0 saturated carbocycles. The van der Waals surface area contributed by atoms with Crippen molar-refractivity contribution < 1.29 is 9.18 Å². The van der Waals surface area contributed by atoms with Crippen LogP contribution in [0.1, 0.15) is 48.3 Å². The lowest BCUT2D eigenvalue weighted by Crippen LogP contribution is -2.34. The summed E-state index contributed by atoms with van der Waals surface area (Å²) in [7, 11) is 3.89. The van der Waals surface area contributed by atoms with Gasteiger partial charge in [0.2, 0.25) is 0 Å². The molecule has 0 fully saturated rings. The Bertz CT molecular complexity index is 700. The van der Waals surface area contributed by atoms with Gasteiger partial charge in [0, 0.05) is 12.1 Å². The summed E-state index contributed by atoms with van der Waals surface area (Å²) in [6.07, 6.45) is 0. The molecule has 0 bridgehead atoms. The standard InChI is InChI=1S/C21H27FN2O/c1-21(2,3)17-10-6-16(7-11-17)20(25)23-14-19(24(4)5)15-8-12-18(22)13-9-15/h6-13,19H,14H2,1-5H3,(H,23,25)/t19-/m0/s1. The second-order valence-corrected chi connectivity index (χ2v) is 7.57. The van der Waals surface area contributed by atoms with Gasteiger partial charge in [-0.1, -0.05) is 45.0 Å². The highest BCUT2D eigenvalue weighted by Gasteiger charge is 2.17. The van der Waals surface area contributed by atoms with E-state index >= 15 is 0 Å². The number of likely N-dealkylation sites (N-methyl/N-ethyl adjacent to an activating group) is 1. The first kappa shape index (κ1) is 19.1. The van der Waals surface area contributed by atoms with E-state index in [1.165, 1.54) is 17.7 Å². The zero-order valence-corrected chi connectivity index (χ0v) is 15.6. The maximum Gasteiger partial charge on any atom is 0.251 e. The van der Waals surface area contributed by atoms with E-state index in [4.69, 9.17) is 0 Å². The van der Waals surface area contributed by atoms with E-state index in [-0.39, 0.29) is 23.2 Å². The molecule has 2 aromatic rings. The molecule has 1 amide bonds. The van der Waals surface area contributed by atoms with Crippen LogP contribution in [0.25, 0.3) is 0 Å². The zero-order chi connectivity index (χ0) is 18.6. The van der Waals surface area contributed by atoms with Gasteiger partial charge in [0.25, 0.3) is 5.91 Å². The molecule has 4 heteroatoms. The summed E-state index contributed by atoms with van der Waals surface area (Å²) in [6.45, 7) is 6.89. The zero-order valence-electron chi connectivity index (χ0n) is 15.6. The first-order valence-electron chi connectivity index (χ1n) is 8.49. The molecule has 0 heterocycles. The molecule has 0 aromatic heterocycles. The van der Waals surface area contributed by atoms with Gasteiger partial charge in [-0.25, -0.2) is 4.39 Å². The van der Waals surface area contributed by atoms with Crippen molar-refractivity contribution in [2.45, 2.75) is 32.2 Å². The summed E-state index contributed by atoms with van der Waals surface area (Å²) in [6, 6.07) is 14.1. The predicted molar refractivity (Wildman–Crippen MR) is 100 cm³/mol. The van der Waals surface area contributed by atoms with Crippen LogP contribution < -0.4 is 5.32 Å². The van der Waals surface area contributed by atoms with Crippen molar-refractivity contribution in [3.63, 3.8) is 0 Å². The Morgan fingerprint density at radius 3 is 2.08 bits per heavy atom. The van der Waals surface area contributed by atoms with Gasteiger partial charge >= 0.3 is 0 Å². The SMILES string of the molecule is CN(C)[C@@H](CNC(=O)c1ccc(C(C)(C)C)cc1)c1ccc(F)cc1. The van der Waals surface area contributed by atoms with E-state index in [2.05, 4.69) is 26.1 Å². The third kappa shape index (κ3) is 5.13. The third-order valence-corrected chi connectivity index (χ3v) is 4.35. The second kappa shape index (κ2) is 7.79. The Hall–Kier alpha value is -2.20. The lowest BCUT2D eigenvalue weighted by atomic mass is 9.87. The highest BCUT2D eigenvalue weighted by atomic mass is 19.1. The van der Waals surface area contributed by atoms with Crippen LogP contribution in [0.3, 0.4) is 0 Å². The Balaban J connectivity index is 2.05. The average molecular weight is 342 g/mol. The molecule has 2 rings (SSSR count). The summed E-state index contributed by atoms with van der Waals surface area (Å²) >= 11 is 0. The topological polar surface area (TPSA) is 32.3 Å². The molecule has 0 aliphatic rings. The molecule has 2 aromatic carbocycles. The molecule has 1 atom stereocenters. The van der Waals surface area contributed by atoms with Crippen molar-refractivity contribution in [3.8, 4) is 0 Å². The summed E-state index contributed by atoms with van der Waals surface area (Å²) < 4.78 is 13.1. The van der Waals surface area contributed by atoms with Crippen LogP contribution in [0.4, 0.5) is 4.39 Å². The summed E-state index contributed by atoms with van der Waals surface area (Å²) in [5, 5.41) is 2.98. The molecule has 134 valence electrons. The minimum atomic E-state index is -0.260. The van der Waals surface area contributed by atoms with Gasteiger partial charge in [-0.2, -0.15) is 0 Å². The highest BCUT2D eigenvalue weighted by Crippen LogP contribution is 2.22. The number of nitrogens with zero attached hydrogens (tertiary/aromatic N) is 1. The van der Waals surface area contributed by atoms with Crippen molar-refractivity contribution >= 4 is 5.91 Å². The smallest absolute Gasteiger partial charge is 0.251 e. The minimum Gasteiger partial charge on any atom is -0.350 e. The quantitative estimate of drug-likeness (QED) is 0.885. The summed E-state index contributed by atoms with van der Waals surface area (Å²) in [4.78, 5) is 14.4. The van der Waals surface area contributed by atoms with Gasteiger partial charge in [0.15, 0.2) is 0 Å². The van der Waals surface area contributed by atoms with E-state index in [0.29, 0.717) is 12.1 Å². The Kier molecular flexibility index (Phi) is 5.96. The third-order valence-electron chi connectivity index (χ3n) is 4.35. The fraction of sp³-hybridized carbons (Fsp3) is 0.381. The van der Waals surface area contributed by atoms with Crippen LogP contribution in [0.15, 0.2) is 48.5 Å². The Morgan fingerprint density at radius 1 is 1.04 bits per heavy atom. The normalized spacial score (nSPS) is 12.9. The second-order valence-electron chi connectivity index (χ2n) is 7.57. The Morgan fingerprint density at radius 2 is 1.60 bits per heavy atom. The molecule has 3 nitrogen and oxygen atoms in total. The molecule has 0 radical (unpaired) electrons. The number of amides is 1. The van der Waals surface area contributed by atoms with E-state index in [1.807, 2.05) is 43.3 Å². The van der Waals surface area contributed by atoms with Crippen LogP contribution in [0, 0.1) is 5.82 Å². The fourth-order valence-corrected chi connectivity index (χ4v) is 2.70. The number of benzene rings is 2. The van der Waals surface area contributed by atoms with Crippen LogP contribution in [0.5, 0.6) is 0 Å². The highest BCUT2D eigenvalue weighted by molar-refractivity contribution is 5.94. The molecule has 0 aliphatic carbocycles. The van der Waals surface area contributed by atoms with Crippen molar-refractivity contribution in [2.75, 3.05) is 20.6 Å². The fourth-order valence-electron chi connectivity index (χ4n) is 2.70. The van der Waals surface area contributed by atoms with Gasteiger partial charge in [-0.15, -0.1) is 0 Å². The summed E-state index contributed by atoms with van der Waals surface area (Å²) in [5.41, 5.74) is 2.87. The van der Waals surface area contributed by atoms with E-state index < -0.39 is 0 Å². The van der Waals surface area contributed by atoms with Crippen molar-refractivity contribution in [1.29, 1.82) is 0 Å². The molecule has 1 N–H and O–H groups in total. The molecule has 0 aliphatic heterocycles. The predicted octanol–water partition coefficient (Wildman–Crippen LogP) is 4.16. The number of carbonyl (C=O) groups excluding carboxylic acids is 1. The number of halogens is 1. The number of nitrogens with one attached hydrogen (secondary N) is 1. The van der Waals surface area contributed by atoms with Crippen molar-refractivity contribution in [2.24, 2.45) is 0 Å². The van der Waals surface area contributed by atoms with Crippen molar-refractivity contribution in [1.82, 2.24) is 10.2 Å². The molecule has 0 unspecified atom stereocenters. The van der Waals surface area contributed by atoms with E-state index in [1.54, 1.807) is 12.1 Å². The minimum absolute atomic E-state index is 0.0154. The Labute approximate surface area is 149 Å². The average Bonchev–Trinajstić information content (AvgIpc) is 2.55. The van der Waals surface area contributed by atoms with Gasteiger partial charge in [-0.05, 0) is 54.9 Å². The van der Waals surface area contributed by atoms with Crippen LogP contribution >= 0.6 is 0 Å². The van der Waals surface area contributed by atoms with Gasteiger partial charge in [0.05, 0.1) is 6.04 Å². The van der Waals surface area contributed by atoms with Crippen LogP contribution in [-0.4, -0.2) is 31.4 Å². The molecule has 25 heavy (non-hydrogen) atoms. The molecule has 0 saturated heterocycles. The van der Waals surface area contributed by atoms with E-state index in [9.17, 15) is 9.18 Å². The molecular formula is C21H27FN2O. The van der Waals surface area contributed by atoms with Crippen LogP contribution in [0.2, 0.25) is 0 Å². The first-order valence-corrected chi connectivity index (χ1v) is 8.49. The van der Waals surface area contributed by atoms with Gasteiger partial charge in [0.1, 0.15) is 5.82 Å². The lowest BCUT2D eigenvalue weighted by molar-refractivity contribution is 0.0942. The van der Waals surface area contributed by atoms with Crippen molar-refractivity contribution in [3.05, 3.63) is 71.0 Å². The monoisotopic (exact) mass is 342 g/mol. The number of rotatable bonds is 5. The van der Waals surface area contributed by atoms with Gasteiger partial charge in [-0.3, -0.25) is 4.79 Å². The van der Waals surface area contributed by atoms with Crippen LogP contribution in [-0.2, 0) is 5.41 Å². The maximum absolute atomic E-state index is 13.1. The number of carbonyl (C=O) groups is 1. The molecular weight excluding hydrogens is 315 g/mol. The largest absolute Gasteiger partial charge is 0.350 e. The maximum atomic E-state index is 13.1. The number of hydrogen-bond donors (Lipinski definition) is 1. The van der Waals surface area contributed by atoms with E-state index in [0.717, 1.165) is 5.56 Å². The molecule has 0 spiro atoms. The number of hydrogen-bond acceptors (Lipinski definition) is 2. The summed E-state index contributed by atoms with van der Waals surface area (Å²) in [5.74, 6) is -0.362. The lowest BCUT2D eigenvalue weighted by Gasteiger charge is -2.25.